The smallest absolute Gasteiger partial charge is 0.265 e. The minimum atomic E-state index is -4.17. The van der Waals surface area contributed by atoms with Gasteiger partial charge in [-0.15, -0.1) is 0 Å². The molecule has 0 saturated carbocycles. The van der Waals surface area contributed by atoms with E-state index in [9.17, 15) is 13.2 Å². The molecule has 3 aromatic rings. The van der Waals surface area contributed by atoms with Gasteiger partial charge in [0, 0.05) is 10.7 Å². The van der Waals surface area contributed by atoms with Crippen LogP contribution in [0.15, 0.2) is 77.7 Å². The molecule has 0 aliphatic heterocycles. The second-order valence-corrected chi connectivity index (χ2v) is 9.04. The van der Waals surface area contributed by atoms with Crippen LogP contribution in [0.25, 0.3) is 0 Å². The lowest BCUT2D eigenvalue weighted by molar-refractivity contribution is -0.116. The molecule has 1 unspecified atom stereocenters. The van der Waals surface area contributed by atoms with Crippen molar-refractivity contribution in [2.45, 2.75) is 17.9 Å². The van der Waals surface area contributed by atoms with E-state index < -0.39 is 22.0 Å². The monoisotopic (exact) mass is 469 g/mol. The van der Waals surface area contributed by atoms with Gasteiger partial charge in [0.25, 0.3) is 10.0 Å². The van der Waals surface area contributed by atoms with Crippen molar-refractivity contribution in [3.8, 4) is 11.8 Å². The average molecular weight is 470 g/mol. The molecule has 0 bridgehead atoms. The topological polar surface area (TPSA) is 99.5 Å². The number of carbonyl (C=O) groups excluding carboxylic acids is 1. The highest BCUT2D eigenvalue weighted by atomic mass is 35.5. The molecule has 0 heterocycles. The fourth-order valence-corrected chi connectivity index (χ4v) is 4.85. The summed E-state index contributed by atoms with van der Waals surface area (Å²) in [5.74, 6) is -0.292. The van der Waals surface area contributed by atoms with Crippen LogP contribution in [0.2, 0.25) is 5.02 Å². The van der Waals surface area contributed by atoms with Crippen molar-refractivity contribution in [3.63, 3.8) is 0 Å². The van der Waals surface area contributed by atoms with Crippen LogP contribution in [0.5, 0.6) is 5.75 Å². The average Bonchev–Trinajstić information content (AvgIpc) is 2.79. The van der Waals surface area contributed by atoms with Crippen LogP contribution >= 0.6 is 11.6 Å². The lowest BCUT2D eigenvalue weighted by Crippen LogP contribution is -2.46. The largest absolute Gasteiger partial charge is 0.495 e. The molecule has 164 valence electrons. The second kappa shape index (κ2) is 9.73. The molecule has 0 aliphatic carbocycles. The van der Waals surface area contributed by atoms with E-state index in [1.807, 2.05) is 6.07 Å². The van der Waals surface area contributed by atoms with Gasteiger partial charge in [0.15, 0.2) is 0 Å². The van der Waals surface area contributed by atoms with Gasteiger partial charge >= 0.3 is 0 Å². The number of sulfonamides is 1. The van der Waals surface area contributed by atoms with Gasteiger partial charge in [-0.3, -0.25) is 9.10 Å². The number of nitriles is 1. The number of nitrogens with zero attached hydrogens (tertiary/aromatic N) is 2. The van der Waals surface area contributed by atoms with Crippen LogP contribution in [0.1, 0.15) is 12.5 Å². The van der Waals surface area contributed by atoms with Gasteiger partial charge in [-0.1, -0.05) is 29.8 Å². The molecule has 3 aromatic carbocycles. The van der Waals surface area contributed by atoms with Gasteiger partial charge in [0.1, 0.15) is 11.8 Å². The summed E-state index contributed by atoms with van der Waals surface area (Å²) in [6.45, 7) is 1.48. The molecule has 9 heteroatoms. The van der Waals surface area contributed by atoms with Gasteiger partial charge in [-0.25, -0.2) is 8.42 Å². The molecular formula is C23H20ClN3O4S. The number of benzene rings is 3. The number of amides is 1. The summed E-state index contributed by atoms with van der Waals surface area (Å²) >= 11 is 5.92. The first-order valence-corrected chi connectivity index (χ1v) is 11.3. The molecule has 0 radical (unpaired) electrons. The summed E-state index contributed by atoms with van der Waals surface area (Å²) in [5, 5.41) is 12.1. The lowest BCUT2D eigenvalue weighted by atomic mass is 10.2. The first-order valence-electron chi connectivity index (χ1n) is 9.52. The molecule has 1 atom stereocenters. The normalized spacial score (nSPS) is 11.8. The SMILES string of the molecule is COc1ccccc1N(C(C)C(=O)Nc1cccc(C#N)c1)S(=O)(=O)c1ccc(Cl)cc1. The van der Waals surface area contributed by atoms with E-state index >= 15 is 0 Å². The maximum Gasteiger partial charge on any atom is 0.265 e. The van der Waals surface area contributed by atoms with Crippen LogP contribution < -0.4 is 14.4 Å². The quantitative estimate of drug-likeness (QED) is 0.551. The number of para-hydroxylation sites is 2. The maximum atomic E-state index is 13.6. The molecular weight excluding hydrogens is 450 g/mol. The van der Waals surface area contributed by atoms with Crippen molar-refractivity contribution in [2.75, 3.05) is 16.7 Å². The van der Waals surface area contributed by atoms with E-state index in [1.165, 1.54) is 44.4 Å². The van der Waals surface area contributed by atoms with E-state index in [2.05, 4.69) is 5.32 Å². The highest BCUT2D eigenvalue weighted by molar-refractivity contribution is 7.93. The summed E-state index contributed by atoms with van der Waals surface area (Å²) in [4.78, 5) is 13.1. The predicted molar refractivity (Wildman–Crippen MR) is 123 cm³/mol. The zero-order chi connectivity index (χ0) is 23.3. The molecule has 0 fully saturated rings. The number of hydrogen-bond donors (Lipinski definition) is 1. The Labute approximate surface area is 191 Å². The Morgan fingerprint density at radius 1 is 1.09 bits per heavy atom. The maximum absolute atomic E-state index is 13.6. The third-order valence-electron chi connectivity index (χ3n) is 4.68. The molecule has 0 spiro atoms. The van der Waals surface area contributed by atoms with E-state index in [0.717, 1.165) is 4.31 Å². The Bertz CT molecular complexity index is 1270. The third kappa shape index (κ3) is 4.85. The molecule has 32 heavy (non-hydrogen) atoms. The van der Waals surface area contributed by atoms with Crippen molar-refractivity contribution in [3.05, 3.63) is 83.4 Å². The van der Waals surface area contributed by atoms with Crippen LogP contribution in [-0.2, 0) is 14.8 Å². The lowest BCUT2D eigenvalue weighted by Gasteiger charge is -2.30. The molecule has 1 amide bonds. The van der Waals surface area contributed by atoms with Crippen LogP contribution in [0.4, 0.5) is 11.4 Å². The minimum absolute atomic E-state index is 0.0288. The molecule has 1 N–H and O–H groups in total. The number of anilines is 2. The summed E-state index contributed by atoms with van der Waals surface area (Å²) in [5.41, 5.74) is 0.953. The number of carbonyl (C=O) groups is 1. The van der Waals surface area contributed by atoms with Crippen molar-refractivity contribution in [1.82, 2.24) is 0 Å². The fourth-order valence-electron chi connectivity index (χ4n) is 3.10. The number of hydrogen-bond acceptors (Lipinski definition) is 5. The zero-order valence-corrected chi connectivity index (χ0v) is 18.9. The minimum Gasteiger partial charge on any atom is -0.495 e. The molecule has 0 aromatic heterocycles. The Morgan fingerprint density at radius 3 is 2.44 bits per heavy atom. The summed E-state index contributed by atoms with van der Waals surface area (Å²) < 4.78 is 33.6. The fraction of sp³-hybridized carbons (Fsp3) is 0.130. The van der Waals surface area contributed by atoms with Crippen LogP contribution in [0.3, 0.4) is 0 Å². The van der Waals surface area contributed by atoms with E-state index in [0.29, 0.717) is 16.3 Å². The Balaban J connectivity index is 2.06. The highest BCUT2D eigenvalue weighted by Gasteiger charge is 2.35. The Kier molecular flexibility index (Phi) is 7.03. The van der Waals surface area contributed by atoms with Gasteiger partial charge in [-0.2, -0.15) is 5.26 Å². The third-order valence-corrected chi connectivity index (χ3v) is 6.83. The van der Waals surface area contributed by atoms with E-state index in [4.69, 9.17) is 21.6 Å². The summed E-state index contributed by atoms with van der Waals surface area (Å²) in [6, 6.07) is 19.4. The van der Waals surface area contributed by atoms with Gasteiger partial charge in [-0.05, 0) is 61.5 Å². The van der Waals surface area contributed by atoms with E-state index in [-0.39, 0.29) is 16.3 Å². The summed E-state index contributed by atoms with van der Waals surface area (Å²) in [7, 11) is -2.75. The number of ether oxygens (including phenoxy) is 1. The first kappa shape index (κ1) is 23.1. The first-order chi connectivity index (χ1) is 15.3. The molecule has 7 nitrogen and oxygen atoms in total. The van der Waals surface area contributed by atoms with Crippen molar-refractivity contribution in [2.24, 2.45) is 0 Å². The Morgan fingerprint density at radius 2 is 1.78 bits per heavy atom. The Hall–Kier alpha value is -3.54. The van der Waals surface area contributed by atoms with Crippen molar-refractivity contribution < 1.29 is 17.9 Å². The number of methoxy groups -OCH3 is 1. The predicted octanol–water partition coefficient (Wildman–Crippen LogP) is 4.44. The molecule has 0 saturated heterocycles. The number of nitrogens with one attached hydrogen (secondary N) is 1. The van der Waals surface area contributed by atoms with Crippen molar-refractivity contribution >= 4 is 38.9 Å². The molecule has 3 rings (SSSR count). The van der Waals surface area contributed by atoms with Crippen LogP contribution in [0, 0.1) is 11.3 Å². The second-order valence-electron chi connectivity index (χ2n) is 6.78. The number of halogens is 1. The summed E-state index contributed by atoms with van der Waals surface area (Å²) in [6.07, 6.45) is 0. The van der Waals surface area contributed by atoms with E-state index in [1.54, 1.807) is 42.5 Å². The highest BCUT2D eigenvalue weighted by Crippen LogP contribution is 2.34. The van der Waals surface area contributed by atoms with Gasteiger partial charge in [0.2, 0.25) is 5.91 Å². The van der Waals surface area contributed by atoms with Gasteiger partial charge < -0.3 is 10.1 Å². The van der Waals surface area contributed by atoms with Crippen molar-refractivity contribution in [1.29, 1.82) is 5.26 Å². The van der Waals surface area contributed by atoms with Gasteiger partial charge in [0.05, 0.1) is 29.3 Å². The number of rotatable bonds is 7. The molecule has 0 aliphatic rings. The zero-order valence-electron chi connectivity index (χ0n) is 17.3. The standard InChI is InChI=1S/C23H20ClN3O4S/c1-16(23(28)26-19-7-5-6-17(14-19)15-25)27(21-8-3-4-9-22(21)31-2)32(29,30)20-12-10-18(24)11-13-20/h3-14,16H,1-2H3,(H,26,28). The van der Waals surface area contributed by atoms with Crippen LogP contribution in [-0.4, -0.2) is 27.5 Å².